The van der Waals surface area contributed by atoms with Gasteiger partial charge in [0.1, 0.15) is 60.7 Å². The topological polar surface area (TPSA) is 255 Å². The Hall–Kier alpha value is -1.19. The van der Waals surface area contributed by atoms with Crippen molar-refractivity contribution in [3.8, 4) is 0 Å². The summed E-state index contributed by atoms with van der Waals surface area (Å²) in [7, 11) is 0. The average Bonchev–Trinajstić information content (AvgIpc) is 3.27. The largest absolute Gasteiger partial charge is 0.394 e. The van der Waals surface area contributed by atoms with Gasteiger partial charge in [0.25, 0.3) is 0 Å². The van der Waals surface area contributed by atoms with Crippen molar-refractivity contribution in [2.75, 3.05) is 19.8 Å². The Balaban J connectivity index is 1.25. The summed E-state index contributed by atoms with van der Waals surface area (Å²) >= 11 is 0. The van der Waals surface area contributed by atoms with Crippen LogP contribution in [0.2, 0.25) is 0 Å². The molecule has 7 rings (SSSR count). The summed E-state index contributed by atoms with van der Waals surface area (Å²) in [4.78, 5) is 12.6. The lowest BCUT2D eigenvalue weighted by molar-refractivity contribution is -0.401. The van der Waals surface area contributed by atoms with Gasteiger partial charge < -0.3 is 79.2 Å². The molecule has 0 aromatic rings. The van der Waals surface area contributed by atoms with Gasteiger partial charge in [0.05, 0.1) is 37.6 Å². The van der Waals surface area contributed by atoms with Gasteiger partial charge >= 0.3 is 0 Å². The van der Waals surface area contributed by atoms with Gasteiger partial charge in [-0.15, -0.1) is 0 Å². The standard InChI is InChI=1S/C40H64O16/c1-19-13-39-11-7-24-36(4,16-42)9-6-10-37(24,5)25(39)8-12-40(19,21(39)3)56-35-32(54-33-30(49)28(47)26(45)20(2)51-33)22(14-38(17-43,18-44)55-35)52-34-31(50)29(48)27(46)23(15-41)53-34/h16,20-35,41,43-50H,1,6-15,17-18H2,2-5H3/t20?,21-,22?,23?,24?,25+,26+,27-,28?,29?,30?,31?,32?,33+,34-,35+,36+,37-,39-,40-/m1/s1. The van der Waals surface area contributed by atoms with Gasteiger partial charge in [0, 0.05) is 11.8 Å². The lowest BCUT2D eigenvalue weighted by atomic mass is 9.39. The first-order valence-corrected chi connectivity index (χ1v) is 20.4. The highest BCUT2D eigenvalue weighted by atomic mass is 16.8. The molecule has 56 heavy (non-hydrogen) atoms. The monoisotopic (exact) mass is 800 g/mol. The second kappa shape index (κ2) is 15.4. The van der Waals surface area contributed by atoms with Crippen LogP contribution in [0.1, 0.15) is 85.5 Å². The minimum absolute atomic E-state index is 0.0754. The van der Waals surface area contributed by atoms with Crippen LogP contribution in [0.25, 0.3) is 0 Å². The van der Waals surface area contributed by atoms with Crippen LogP contribution < -0.4 is 0 Å². The van der Waals surface area contributed by atoms with Crippen LogP contribution in [0.3, 0.4) is 0 Å². The molecule has 9 unspecified atom stereocenters. The van der Waals surface area contributed by atoms with E-state index in [1.54, 1.807) is 0 Å². The van der Waals surface area contributed by atoms with E-state index in [-0.39, 0.29) is 40.4 Å². The molecular formula is C40H64O16. The first-order chi connectivity index (χ1) is 26.4. The van der Waals surface area contributed by atoms with Crippen LogP contribution >= 0.6 is 0 Å². The molecule has 16 heteroatoms. The van der Waals surface area contributed by atoms with E-state index in [2.05, 4.69) is 27.4 Å². The summed E-state index contributed by atoms with van der Waals surface area (Å²) in [6, 6.07) is 0. The molecule has 2 bridgehead atoms. The van der Waals surface area contributed by atoms with Gasteiger partial charge in [0.2, 0.25) is 0 Å². The van der Waals surface area contributed by atoms with E-state index >= 15 is 0 Å². The molecule has 3 aliphatic heterocycles. The average molecular weight is 801 g/mol. The van der Waals surface area contributed by atoms with Crippen molar-refractivity contribution in [1.29, 1.82) is 0 Å². The highest BCUT2D eigenvalue weighted by Crippen LogP contribution is 2.75. The minimum Gasteiger partial charge on any atom is -0.394 e. The Morgan fingerprint density at radius 1 is 0.786 bits per heavy atom. The summed E-state index contributed by atoms with van der Waals surface area (Å²) in [5.74, 6) is 0.430. The van der Waals surface area contributed by atoms with Crippen LogP contribution in [-0.4, -0.2) is 163 Å². The van der Waals surface area contributed by atoms with Gasteiger partial charge in [0.15, 0.2) is 18.9 Å². The zero-order chi connectivity index (χ0) is 40.7. The van der Waals surface area contributed by atoms with Crippen molar-refractivity contribution in [3.05, 3.63) is 12.2 Å². The van der Waals surface area contributed by atoms with Crippen molar-refractivity contribution in [2.24, 2.45) is 34.0 Å². The van der Waals surface area contributed by atoms with E-state index in [9.17, 15) is 50.8 Å². The maximum Gasteiger partial charge on any atom is 0.188 e. The molecule has 3 heterocycles. The summed E-state index contributed by atoms with van der Waals surface area (Å²) in [5, 5.41) is 95.6. The number of hydrogen-bond donors (Lipinski definition) is 9. The molecule has 0 radical (unpaired) electrons. The van der Waals surface area contributed by atoms with Gasteiger partial charge in [-0.3, -0.25) is 0 Å². The molecule has 4 saturated carbocycles. The Morgan fingerprint density at radius 2 is 1.43 bits per heavy atom. The molecule has 7 aliphatic rings. The normalized spacial score (nSPS) is 54.3. The van der Waals surface area contributed by atoms with Gasteiger partial charge in [-0.25, -0.2) is 0 Å². The van der Waals surface area contributed by atoms with Crippen LogP contribution in [0.5, 0.6) is 0 Å². The third-order valence-electron chi connectivity index (χ3n) is 15.9. The number of ether oxygens (including phenoxy) is 6. The highest BCUT2D eigenvalue weighted by Gasteiger charge is 2.71. The maximum atomic E-state index is 12.6. The molecule has 1 spiro atoms. The fraction of sp³-hybridized carbons (Fsp3) is 0.925. The van der Waals surface area contributed by atoms with Crippen molar-refractivity contribution < 1.29 is 79.2 Å². The highest BCUT2D eigenvalue weighted by molar-refractivity contribution is 5.60. The smallest absolute Gasteiger partial charge is 0.188 e. The van der Waals surface area contributed by atoms with Gasteiger partial charge in [-0.2, -0.15) is 0 Å². The lowest BCUT2D eigenvalue weighted by Crippen LogP contribution is -2.67. The summed E-state index contributed by atoms with van der Waals surface area (Å²) in [5.41, 5.74) is -2.52. The SMILES string of the molecule is C=C1C[C@@]23CCC4[C@](C)(C=O)CCC[C@@]4(C)[C@@H]2CC[C@]1(O[C@@H]1OC(CO)(CO)CC(O[C@@H]2OC(CO)[C@@H](O)C(O)C2O)C1O[C@@H]1OC(C)[C@H](O)C(O)C1O)[C@@H]3C. The van der Waals surface area contributed by atoms with E-state index in [1.165, 1.54) is 13.2 Å². The Labute approximate surface area is 327 Å². The first-order valence-electron chi connectivity index (χ1n) is 20.4. The fourth-order valence-corrected chi connectivity index (χ4v) is 12.7. The second-order valence-corrected chi connectivity index (χ2v) is 18.8. The van der Waals surface area contributed by atoms with Crippen molar-refractivity contribution in [3.63, 3.8) is 0 Å². The predicted molar refractivity (Wildman–Crippen MR) is 193 cm³/mol. The van der Waals surface area contributed by atoms with E-state index in [0.717, 1.165) is 44.1 Å². The molecule has 16 nitrogen and oxygen atoms in total. The zero-order valence-corrected chi connectivity index (χ0v) is 32.9. The Morgan fingerprint density at radius 3 is 2.07 bits per heavy atom. The maximum absolute atomic E-state index is 12.6. The Bertz CT molecular complexity index is 1440. The van der Waals surface area contributed by atoms with E-state index in [1.807, 2.05) is 0 Å². The number of rotatable bonds is 10. The number of aldehydes is 1. The van der Waals surface area contributed by atoms with Gasteiger partial charge in [-0.1, -0.05) is 33.8 Å². The fourth-order valence-electron chi connectivity index (χ4n) is 12.7. The van der Waals surface area contributed by atoms with Crippen LogP contribution in [0.4, 0.5) is 0 Å². The molecule has 20 atom stereocenters. The second-order valence-electron chi connectivity index (χ2n) is 18.8. The predicted octanol–water partition coefficient (Wildman–Crippen LogP) is -0.593. The summed E-state index contributed by atoms with van der Waals surface area (Å²) in [6.45, 7) is 10.6. The van der Waals surface area contributed by atoms with E-state index in [4.69, 9.17) is 28.4 Å². The molecule has 0 aromatic carbocycles. The van der Waals surface area contributed by atoms with Gasteiger partial charge in [-0.05, 0) is 86.0 Å². The molecule has 0 amide bonds. The van der Waals surface area contributed by atoms with E-state index in [0.29, 0.717) is 12.8 Å². The lowest BCUT2D eigenvalue weighted by Gasteiger charge is -2.65. The third kappa shape index (κ3) is 6.49. The van der Waals surface area contributed by atoms with Crippen LogP contribution in [0.15, 0.2) is 12.2 Å². The number of fused-ring (bicyclic) bond motifs is 3. The number of aliphatic hydroxyl groups is 9. The minimum atomic E-state index is -1.82. The molecule has 0 aromatic heterocycles. The number of hydrogen-bond acceptors (Lipinski definition) is 16. The zero-order valence-electron chi connectivity index (χ0n) is 32.9. The van der Waals surface area contributed by atoms with Crippen molar-refractivity contribution >= 4 is 6.29 Å². The van der Waals surface area contributed by atoms with E-state index < -0.39 is 111 Å². The molecule has 3 saturated heterocycles. The van der Waals surface area contributed by atoms with Crippen molar-refractivity contribution in [2.45, 2.75) is 177 Å². The quantitative estimate of drug-likeness (QED) is 0.0761. The first kappa shape index (κ1) is 42.9. The van der Waals surface area contributed by atoms with Crippen LogP contribution in [-0.2, 0) is 33.2 Å². The molecule has 320 valence electrons. The van der Waals surface area contributed by atoms with Crippen LogP contribution in [0, 0.1) is 34.0 Å². The number of aliphatic hydroxyl groups excluding tert-OH is 9. The summed E-state index contributed by atoms with van der Waals surface area (Å²) in [6.07, 6.45) is -12.3. The number of carbonyl (C=O) groups excluding carboxylic acids is 1. The van der Waals surface area contributed by atoms with Crippen molar-refractivity contribution in [1.82, 2.24) is 0 Å². The molecule has 4 aliphatic carbocycles. The molecule has 9 N–H and O–H groups in total. The number of carbonyl (C=O) groups is 1. The molecular weight excluding hydrogens is 736 g/mol. The summed E-state index contributed by atoms with van der Waals surface area (Å²) < 4.78 is 37.9. The molecule has 7 fully saturated rings. The Kier molecular flexibility index (Phi) is 11.8. The third-order valence-corrected chi connectivity index (χ3v) is 15.9.